The lowest BCUT2D eigenvalue weighted by molar-refractivity contribution is -0.137. The fourth-order valence-electron chi connectivity index (χ4n) is 2.84. The second-order valence-electron chi connectivity index (χ2n) is 6.47. The molecule has 0 aliphatic carbocycles. The van der Waals surface area contributed by atoms with E-state index in [0.29, 0.717) is 26.3 Å². The fourth-order valence-corrected chi connectivity index (χ4v) is 3.64. The van der Waals surface area contributed by atoms with Gasteiger partial charge in [0.15, 0.2) is 9.84 Å². The summed E-state index contributed by atoms with van der Waals surface area (Å²) in [4.78, 5) is 14.1. The lowest BCUT2D eigenvalue weighted by Gasteiger charge is -2.27. The second kappa shape index (κ2) is 8.11. The lowest BCUT2D eigenvalue weighted by Crippen LogP contribution is -2.37. The number of aromatic nitrogens is 3. The molecule has 1 aliphatic heterocycles. The molecule has 0 atom stereocenters. The average molecular weight is 431 g/mol. The first-order valence-corrected chi connectivity index (χ1v) is 10.7. The quantitative estimate of drug-likeness (QED) is 0.764. The van der Waals surface area contributed by atoms with Crippen LogP contribution in [0.3, 0.4) is 0 Å². The van der Waals surface area contributed by atoms with Gasteiger partial charge in [-0.05, 0) is 12.1 Å². The van der Waals surface area contributed by atoms with Crippen LogP contribution in [0.1, 0.15) is 18.2 Å². The van der Waals surface area contributed by atoms with Crippen molar-refractivity contribution in [2.24, 2.45) is 0 Å². The third kappa shape index (κ3) is 5.12. The topological polar surface area (TPSA) is 111 Å². The Hall–Kier alpha value is -2.47. The van der Waals surface area contributed by atoms with Gasteiger partial charge >= 0.3 is 6.18 Å². The van der Waals surface area contributed by atoms with Gasteiger partial charge in [-0.2, -0.15) is 13.2 Å². The number of ether oxygens (including phenoxy) is 1. The van der Waals surface area contributed by atoms with E-state index in [0.717, 1.165) is 12.3 Å². The standard InChI is InChI=1S/C17H20F3N5O3S/c1-2-29(26,27)10-11-7-14(24-16(23-11)25-3-5-28-6-4-25)12-9-22-15(21)8-13(12)17(18,19)20/h7-9H,2-6,10H2,1H3,(H2,21,22). The summed E-state index contributed by atoms with van der Waals surface area (Å²) >= 11 is 0. The Morgan fingerprint density at radius 2 is 1.90 bits per heavy atom. The van der Waals surface area contributed by atoms with Gasteiger partial charge < -0.3 is 15.4 Å². The van der Waals surface area contributed by atoms with Gasteiger partial charge in [0.2, 0.25) is 5.95 Å². The number of rotatable bonds is 5. The van der Waals surface area contributed by atoms with Crippen LogP contribution in [0.25, 0.3) is 11.3 Å². The number of nitrogen functional groups attached to an aromatic ring is 1. The molecule has 0 spiro atoms. The summed E-state index contributed by atoms with van der Waals surface area (Å²) in [6.45, 7) is 3.19. The van der Waals surface area contributed by atoms with E-state index < -0.39 is 27.3 Å². The molecule has 2 aromatic heterocycles. The minimum atomic E-state index is -4.69. The molecule has 2 N–H and O–H groups in total. The van der Waals surface area contributed by atoms with E-state index in [1.165, 1.54) is 13.0 Å². The molecule has 1 aliphatic rings. The molecule has 1 fully saturated rings. The zero-order valence-electron chi connectivity index (χ0n) is 15.6. The summed E-state index contributed by atoms with van der Waals surface area (Å²) in [6, 6.07) is 1.98. The van der Waals surface area contributed by atoms with Gasteiger partial charge in [-0.1, -0.05) is 6.92 Å². The molecular formula is C17H20F3N5O3S. The fraction of sp³-hybridized carbons (Fsp3) is 0.471. The highest BCUT2D eigenvalue weighted by molar-refractivity contribution is 7.90. The van der Waals surface area contributed by atoms with Crippen LogP contribution in [0, 0.1) is 0 Å². The summed E-state index contributed by atoms with van der Waals surface area (Å²) in [7, 11) is -3.46. The van der Waals surface area contributed by atoms with Crippen molar-refractivity contribution < 1.29 is 26.3 Å². The van der Waals surface area contributed by atoms with Gasteiger partial charge in [0.1, 0.15) is 5.82 Å². The van der Waals surface area contributed by atoms with Crippen molar-refractivity contribution in [2.45, 2.75) is 18.9 Å². The van der Waals surface area contributed by atoms with Crippen LogP contribution in [-0.2, 0) is 26.5 Å². The van der Waals surface area contributed by atoms with Gasteiger partial charge in [0, 0.05) is 30.6 Å². The molecule has 1 saturated heterocycles. The minimum Gasteiger partial charge on any atom is -0.384 e. The molecule has 29 heavy (non-hydrogen) atoms. The number of hydrogen-bond acceptors (Lipinski definition) is 8. The Morgan fingerprint density at radius 1 is 1.21 bits per heavy atom. The maximum atomic E-state index is 13.5. The van der Waals surface area contributed by atoms with Crippen molar-refractivity contribution in [3.05, 3.63) is 29.6 Å². The predicted molar refractivity (Wildman–Crippen MR) is 101 cm³/mol. The molecule has 0 radical (unpaired) electrons. The number of alkyl halides is 3. The van der Waals surface area contributed by atoms with Crippen molar-refractivity contribution in [1.82, 2.24) is 15.0 Å². The van der Waals surface area contributed by atoms with Gasteiger partial charge in [0.05, 0.1) is 35.9 Å². The first kappa shape index (κ1) is 21.2. The molecule has 0 unspecified atom stereocenters. The molecule has 2 aromatic rings. The number of morpholine rings is 1. The molecule has 0 saturated carbocycles. The van der Waals surface area contributed by atoms with E-state index >= 15 is 0 Å². The van der Waals surface area contributed by atoms with Crippen LogP contribution in [-0.4, -0.2) is 55.4 Å². The first-order valence-electron chi connectivity index (χ1n) is 8.83. The van der Waals surface area contributed by atoms with Crippen molar-refractivity contribution in [3.8, 4) is 11.3 Å². The van der Waals surface area contributed by atoms with E-state index in [4.69, 9.17) is 10.5 Å². The summed E-state index contributed by atoms with van der Waals surface area (Å²) in [5, 5.41) is 0. The van der Waals surface area contributed by atoms with Crippen LogP contribution in [0.15, 0.2) is 18.3 Å². The Bertz CT molecular complexity index is 992. The molecule has 0 amide bonds. The number of sulfone groups is 1. The Labute approximate surface area is 165 Å². The van der Waals surface area contributed by atoms with Gasteiger partial charge in [0.25, 0.3) is 0 Å². The first-order chi connectivity index (χ1) is 13.6. The minimum absolute atomic E-state index is 0.0670. The highest BCUT2D eigenvalue weighted by atomic mass is 32.2. The lowest BCUT2D eigenvalue weighted by atomic mass is 10.1. The number of halogens is 3. The molecule has 158 valence electrons. The van der Waals surface area contributed by atoms with E-state index in [1.54, 1.807) is 4.90 Å². The summed E-state index contributed by atoms with van der Waals surface area (Å²) in [5.74, 6) is -0.648. The molecule has 8 nitrogen and oxygen atoms in total. The van der Waals surface area contributed by atoms with Crippen molar-refractivity contribution in [2.75, 3.05) is 42.7 Å². The van der Waals surface area contributed by atoms with Gasteiger partial charge in [-0.15, -0.1) is 0 Å². The Kier molecular flexibility index (Phi) is 5.94. The second-order valence-corrected chi connectivity index (χ2v) is 8.83. The Morgan fingerprint density at radius 3 is 2.52 bits per heavy atom. The van der Waals surface area contributed by atoms with Crippen LogP contribution < -0.4 is 10.6 Å². The van der Waals surface area contributed by atoms with Gasteiger partial charge in [-0.25, -0.2) is 23.4 Å². The Balaban J connectivity index is 2.15. The van der Waals surface area contributed by atoms with E-state index in [-0.39, 0.29) is 34.5 Å². The van der Waals surface area contributed by atoms with E-state index in [9.17, 15) is 21.6 Å². The molecule has 0 aromatic carbocycles. The third-order valence-electron chi connectivity index (χ3n) is 4.38. The maximum Gasteiger partial charge on any atom is 0.417 e. The zero-order valence-corrected chi connectivity index (χ0v) is 16.4. The van der Waals surface area contributed by atoms with Crippen molar-refractivity contribution >= 4 is 21.6 Å². The van der Waals surface area contributed by atoms with Crippen molar-refractivity contribution in [3.63, 3.8) is 0 Å². The van der Waals surface area contributed by atoms with Crippen molar-refractivity contribution in [1.29, 1.82) is 0 Å². The normalized spacial score (nSPS) is 15.5. The zero-order chi connectivity index (χ0) is 21.2. The molecule has 12 heteroatoms. The predicted octanol–water partition coefficient (Wildman–Crippen LogP) is 1.91. The summed E-state index contributed by atoms with van der Waals surface area (Å²) in [5.41, 5.74) is 4.19. The maximum absolute atomic E-state index is 13.5. The smallest absolute Gasteiger partial charge is 0.384 e. The van der Waals surface area contributed by atoms with Crippen LogP contribution in [0.2, 0.25) is 0 Å². The van der Waals surface area contributed by atoms with Crippen LogP contribution in [0.5, 0.6) is 0 Å². The van der Waals surface area contributed by atoms with Crippen LogP contribution in [0.4, 0.5) is 24.9 Å². The summed E-state index contributed by atoms with van der Waals surface area (Å²) in [6.07, 6.45) is -3.70. The molecule has 3 rings (SSSR count). The number of anilines is 2. The number of nitrogens with zero attached hydrogens (tertiary/aromatic N) is 4. The number of nitrogens with two attached hydrogens (primary N) is 1. The molecule has 0 bridgehead atoms. The monoisotopic (exact) mass is 431 g/mol. The average Bonchev–Trinajstić information content (AvgIpc) is 2.67. The number of pyridine rings is 1. The number of hydrogen-bond donors (Lipinski definition) is 1. The molecular weight excluding hydrogens is 411 g/mol. The summed E-state index contributed by atoms with van der Waals surface area (Å²) < 4.78 is 70.1. The highest BCUT2D eigenvalue weighted by Crippen LogP contribution is 2.37. The largest absolute Gasteiger partial charge is 0.417 e. The van der Waals surface area contributed by atoms with E-state index in [2.05, 4.69) is 15.0 Å². The third-order valence-corrected chi connectivity index (χ3v) is 5.99. The van der Waals surface area contributed by atoms with E-state index in [1.807, 2.05) is 0 Å². The van der Waals surface area contributed by atoms with Gasteiger partial charge in [-0.3, -0.25) is 0 Å². The highest BCUT2D eigenvalue weighted by Gasteiger charge is 2.35. The SMILES string of the molecule is CCS(=O)(=O)Cc1cc(-c2cnc(N)cc2C(F)(F)F)nc(N2CCOCC2)n1. The van der Waals surface area contributed by atoms with Crippen LogP contribution >= 0.6 is 0 Å². The molecule has 3 heterocycles.